The Morgan fingerprint density at radius 3 is 1.33 bits per heavy atom. The van der Waals surface area contributed by atoms with Crippen LogP contribution in [0.3, 0.4) is 0 Å². The van der Waals surface area contributed by atoms with Crippen molar-refractivity contribution >= 4 is 35.1 Å². The first-order valence-corrected chi connectivity index (χ1v) is 7.58. The van der Waals surface area contributed by atoms with Crippen LogP contribution in [-0.4, -0.2) is 11.9 Å². The van der Waals surface area contributed by atoms with Crippen molar-refractivity contribution in [1.29, 1.82) is 0 Å². The highest BCUT2D eigenvalue weighted by molar-refractivity contribution is 6.30. The number of hydrogen-bond donors (Lipinski definition) is 0. The molecule has 122 valence electrons. The highest BCUT2D eigenvalue weighted by Crippen LogP contribution is 2.16. The summed E-state index contributed by atoms with van der Waals surface area (Å²) in [5.41, 5.74) is 0. The van der Waals surface area contributed by atoms with E-state index in [1.807, 2.05) is 0 Å². The summed E-state index contributed by atoms with van der Waals surface area (Å²) in [5.74, 6) is -0.401. The summed E-state index contributed by atoms with van der Waals surface area (Å²) in [6.45, 7) is 0. The van der Waals surface area contributed by atoms with Crippen LogP contribution in [0.2, 0.25) is 10.0 Å². The van der Waals surface area contributed by atoms with E-state index < -0.39 is 11.9 Å². The summed E-state index contributed by atoms with van der Waals surface area (Å²) in [6, 6.07) is 12.8. The Bertz CT molecular complexity index is 695. The second-order valence-corrected chi connectivity index (χ2v) is 5.34. The van der Waals surface area contributed by atoms with Gasteiger partial charge in [0.05, 0.1) is 0 Å². The lowest BCUT2D eigenvalue weighted by Gasteiger charge is -2.00. The number of rotatable bonds is 5. The van der Waals surface area contributed by atoms with Crippen LogP contribution in [-0.2, 0) is 9.59 Å². The Kier molecular flexibility index (Phi) is 6.61. The maximum Gasteiger partial charge on any atom is 0.336 e. The predicted octanol–water partition coefficient (Wildman–Crippen LogP) is 4.62. The van der Waals surface area contributed by atoms with Gasteiger partial charge in [-0.05, 0) is 48.5 Å². The van der Waals surface area contributed by atoms with Crippen molar-refractivity contribution in [3.63, 3.8) is 0 Å². The fourth-order valence-corrected chi connectivity index (χ4v) is 1.83. The Labute approximate surface area is 148 Å². The SMILES string of the molecule is O=C(/C=C\C=C/C(=O)Oc1ccc(Cl)cc1)Oc1ccc(Cl)cc1. The highest BCUT2D eigenvalue weighted by Gasteiger charge is 2.01. The van der Waals surface area contributed by atoms with Gasteiger partial charge in [-0.1, -0.05) is 35.4 Å². The van der Waals surface area contributed by atoms with Gasteiger partial charge in [-0.3, -0.25) is 0 Å². The molecule has 2 aromatic carbocycles. The molecule has 0 aliphatic carbocycles. The molecule has 0 aromatic heterocycles. The first-order chi connectivity index (χ1) is 11.5. The third-order valence-electron chi connectivity index (χ3n) is 2.64. The van der Waals surface area contributed by atoms with E-state index in [4.69, 9.17) is 32.7 Å². The maximum absolute atomic E-state index is 11.6. The molecule has 0 heterocycles. The van der Waals surface area contributed by atoms with Gasteiger partial charge in [0, 0.05) is 22.2 Å². The zero-order valence-electron chi connectivity index (χ0n) is 12.3. The third kappa shape index (κ3) is 6.28. The van der Waals surface area contributed by atoms with Crippen molar-refractivity contribution in [2.24, 2.45) is 0 Å². The van der Waals surface area contributed by atoms with Crippen LogP contribution in [0.4, 0.5) is 0 Å². The predicted molar refractivity (Wildman–Crippen MR) is 92.5 cm³/mol. The lowest BCUT2D eigenvalue weighted by atomic mass is 10.3. The molecule has 0 atom stereocenters. The molecular weight excluding hydrogens is 351 g/mol. The number of halogens is 2. The minimum absolute atomic E-state index is 0.375. The molecule has 2 rings (SSSR count). The summed E-state index contributed by atoms with van der Waals surface area (Å²) in [6.07, 6.45) is 5.12. The van der Waals surface area contributed by atoms with Gasteiger partial charge in [0.15, 0.2) is 0 Å². The lowest BCUT2D eigenvalue weighted by molar-refractivity contribution is -0.130. The smallest absolute Gasteiger partial charge is 0.336 e. The van der Waals surface area contributed by atoms with Crippen molar-refractivity contribution in [2.45, 2.75) is 0 Å². The van der Waals surface area contributed by atoms with Crippen LogP contribution in [0.25, 0.3) is 0 Å². The second-order valence-electron chi connectivity index (χ2n) is 4.47. The summed E-state index contributed by atoms with van der Waals surface area (Å²) in [4.78, 5) is 23.1. The van der Waals surface area contributed by atoms with Gasteiger partial charge in [0.1, 0.15) is 11.5 Å². The van der Waals surface area contributed by atoms with Crippen LogP contribution in [0, 0.1) is 0 Å². The molecular formula is C18H12Cl2O4. The first kappa shape index (κ1) is 17.8. The van der Waals surface area contributed by atoms with E-state index >= 15 is 0 Å². The molecule has 0 aliphatic heterocycles. The quantitative estimate of drug-likeness (QED) is 0.337. The number of benzene rings is 2. The normalized spacial score (nSPS) is 10.9. The van der Waals surface area contributed by atoms with Crippen molar-refractivity contribution in [3.05, 3.63) is 82.9 Å². The van der Waals surface area contributed by atoms with E-state index in [1.54, 1.807) is 48.5 Å². The average Bonchev–Trinajstić information content (AvgIpc) is 2.56. The van der Waals surface area contributed by atoms with Gasteiger partial charge in [0.2, 0.25) is 0 Å². The number of carbonyl (C=O) groups is 2. The van der Waals surface area contributed by atoms with Crippen LogP contribution in [0.15, 0.2) is 72.8 Å². The molecule has 0 radical (unpaired) electrons. The second kappa shape index (κ2) is 8.91. The minimum atomic E-state index is -0.576. The van der Waals surface area contributed by atoms with Crippen molar-refractivity contribution in [2.75, 3.05) is 0 Å². The standard InChI is InChI=1S/C18H12Cl2O4/c19-13-5-9-15(10-6-13)23-17(21)3-1-2-4-18(22)24-16-11-7-14(20)8-12-16/h1-12H/b3-1-,4-2-. The fourth-order valence-electron chi connectivity index (χ4n) is 1.57. The molecule has 0 unspecified atom stereocenters. The Morgan fingerprint density at radius 2 is 1.00 bits per heavy atom. The molecule has 24 heavy (non-hydrogen) atoms. The molecule has 0 fully saturated rings. The van der Waals surface area contributed by atoms with E-state index in [0.717, 1.165) is 0 Å². The van der Waals surface area contributed by atoms with Crippen molar-refractivity contribution < 1.29 is 19.1 Å². The van der Waals surface area contributed by atoms with Gasteiger partial charge in [-0.15, -0.1) is 0 Å². The highest BCUT2D eigenvalue weighted by atomic mass is 35.5. The monoisotopic (exact) mass is 362 g/mol. The largest absolute Gasteiger partial charge is 0.423 e. The number of ether oxygens (including phenoxy) is 2. The summed E-state index contributed by atoms with van der Waals surface area (Å²) in [7, 11) is 0. The average molecular weight is 363 g/mol. The molecule has 0 saturated carbocycles. The van der Waals surface area contributed by atoms with E-state index in [-0.39, 0.29) is 0 Å². The molecule has 0 spiro atoms. The molecule has 0 bridgehead atoms. The van der Waals surface area contributed by atoms with Crippen LogP contribution >= 0.6 is 23.2 Å². The number of hydrogen-bond acceptors (Lipinski definition) is 4. The van der Waals surface area contributed by atoms with Gasteiger partial charge in [-0.25, -0.2) is 9.59 Å². The molecule has 0 saturated heterocycles. The number of carbonyl (C=O) groups excluding carboxylic acids is 2. The maximum atomic E-state index is 11.6. The molecule has 0 amide bonds. The number of allylic oxidation sites excluding steroid dienone is 2. The van der Waals surface area contributed by atoms with E-state index in [0.29, 0.717) is 21.5 Å². The molecule has 0 aliphatic rings. The van der Waals surface area contributed by atoms with Gasteiger partial charge < -0.3 is 9.47 Å². The fraction of sp³-hybridized carbons (Fsp3) is 0. The van der Waals surface area contributed by atoms with Crippen LogP contribution < -0.4 is 9.47 Å². The summed E-state index contributed by atoms with van der Waals surface area (Å²) < 4.78 is 10.1. The molecule has 2 aromatic rings. The Balaban J connectivity index is 1.80. The number of esters is 2. The lowest BCUT2D eigenvalue weighted by Crippen LogP contribution is -2.04. The Hall–Kier alpha value is -2.56. The van der Waals surface area contributed by atoms with E-state index in [9.17, 15) is 9.59 Å². The van der Waals surface area contributed by atoms with Crippen molar-refractivity contribution in [1.82, 2.24) is 0 Å². The van der Waals surface area contributed by atoms with E-state index in [2.05, 4.69) is 0 Å². The minimum Gasteiger partial charge on any atom is -0.423 e. The first-order valence-electron chi connectivity index (χ1n) is 6.82. The van der Waals surface area contributed by atoms with Crippen molar-refractivity contribution in [3.8, 4) is 11.5 Å². The zero-order valence-corrected chi connectivity index (χ0v) is 13.8. The zero-order chi connectivity index (χ0) is 17.4. The summed E-state index contributed by atoms with van der Waals surface area (Å²) >= 11 is 11.5. The molecule has 0 N–H and O–H groups in total. The van der Waals surface area contributed by atoms with Gasteiger partial charge in [0.25, 0.3) is 0 Å². The molecule has 6 heteroatoms. The Morgan fingerprint density at radius 1 is 0.667 bits per heavy atom. The third-order valence-corrected chi connectivity index (χ3v) is 3.14. The van der Waals surface area contributed by atoms with Crippen LogP contribution in [0.5, 0.6) is 11.5 Å². The molecule has 4 nitrogen and oxygen atoms in total. The van der Waals surface area contributed by atoms with Crippen LogP contribution in [0.1, 0.15) is 0 Å². The topological polar surface area (TPSA) is 52.6 Å². The van der Waals surface area contributed by atoms with Gasteiger partial charge >= 0.3 is 11.9 Å². The van der Waals surface area contributed by atoms with E-state index in [1.165, 1.54) is 24.3 Å². The van der Waals surface area contributed by atoms with Gasteiger partial charge in [-0.2, -0.15) is 0 Å². The summed E-state index contributed by atoms with van der Waals surface area (Å²) in [5, 5.41) is 1.10.